The summed E-state index contributed by atoms with van der Waals surface area (Å²) in [6.45, 7) is 8.40. The molecule has 240 valence electrons. The van der Waals surface area contributed by atoms with Crippen LogP contribution in [-0.2, 0) is 33.4 Å². The fourth-order valence-corrected chi connectivity index (χ4v) is 10.4. The fourth-order valence-electron chi connectivity index (χ4n) is 10.3. The molecule has 1 unspecified atom stereocenters. The smallest absolute Gasteiger partial charge is 0.293 e. The molecule has 4 fully saturated rings. The topological polar surface area (TPSA) is 125 Å². The molecule has 9 nitrogen and oxygen atoms in total. The van der Waals surface area contributed by atoms with Crippen LogP contribution in [0, 0.1) is 46.3 Å². The predicted molar refractivity (Wildman–Crippen MR) is 163 cm³/mol. The molecule has 4 aliphatic carbocycles. The Morgan fingerprint density at radius 2 is 1.75 bits per heavy atom. The molecule has 44 heavy (non-hydrogen) atoms. The fraction of sp³-hybridized carbons (Fsp3) is 0.676. The lowest BCUT2D eigenvalue weighted by atomic mass is 9.43. The molecular formula is C34H44ClNO8. The molecule has 0 aromatic heterocycles. The van der Waals surface area contributed by atoms with Gasteiger partial charge in [-0.15, -0.1) is 0 Å². The van der Waals surface area contributed by atoms with Crippen molar-refractivity contribution in [3.63, 3.8) is 0 Å². The number of amides is 1. The maximum Gasteiger partial charge on any atom is 0.293 e. The van der Waals surface area contributed by atoms with E-state index in [2.05, 4.69) is 26.1 Å². The van der Waals surface area contributed by atoms with E-state index in [1.165, 1.54) is 0 Å². The zero-order valence-corrected chi connectivity index (χ0v) is 26.5. The van der Waals surface area contributed by atoms with Gasteiger partial charge in [0.15, 0.2) is 6.29 Å². The van der Waals surface area contributed by atoms with Gasteiger partial charge in [-0.2, -0.15) is 0 Å². The molecule has 0 radical (unpaired) electrons. The van der Waals surface area contributed by atoms with Crippen molar-refractivity contribution in [1.82, 2.24) is 0 Å². The van der Waals surface area contributed by atoms with E-state index in [0.717, 1.165) is 38.5 Å². The Hall–Kier alpha value is -2.94. The first-order valence-electron chi connectivity index (χ1n) is 15.9. The van der Waals surface area contributed by atoms with Gasteiger partial charge in [-0.1, -0.05) is 32.4 Å². The van der Waals surface area contributed by atoms with Crippen molar-refractivity contribution in [2.45, 2.75) is 96.9 Å². The average Bonchev–Trinajstić information content (AvgIpc) is 3.35. The number of nitrogens with one attached hydrogen (secondary N) is 1. The Morgan fingerprint density at radius 1 is 1.00 bits per heavy atom. The van der Waals surface area contributed by atoms with Crippen LogP contribution in [0.5, 0.6) is 0 Å². The van der Waals surface area contributed by atoms with Gasteiger partial charge in [0.25, 0.3) is 19.4 Å². The summed E-state index contributed by atoms with van der Waals surface area (Å²) in [5.74, 6) is 0.891. The molecule has 0 saturated heterocycles. The van der Waals surface area contributed by atoms with E-state index in [0.29, 0.717) is 54.8 Å². The molecular weight excluding hydrogens is 586 g/mol. The number of halogens is 1. The first-order chi connectivity index (χ1) is 21.1. The van der Waals surface area contributed by atoms with E-state index in [1.54, 1.807) is 18.2 Å². The number of carbonyl (C=O) groups excluding carboxylic acids is 5. The van der Waals surface area contributed by atoms with E-state index in [4.69, 9.17) is 25.8 Å². The number of anilines is 1. The van der Waals surface area contributed by atoms with Crippen LogP contribution in [0.4, 0.5) is 5.69 Å². The predicted octanol–water partition coefficient (Wildman–Crippen LogP) is 6.01. The number of aldehydes is 1. The normalized spacial score (nSPS) is 38.1. The maximum atomic E-state index is 13.0. The molecule has 0 heterocycles. The van der Waals surface area contributed by atoms with Crippen molar-refractivity contribution >= 4 is 48.9 Å². The van der Waals surface area contributed by atoms with E-state index >= 15 is 0 Å². The molecule has 5 rings (SSSR count). The third-order valence-corrected chi connectivity index (χ3v) is 12.6. The minimum atomic E-state index is -0.346. The molecule has 0 bridgehead atoms. The number of fused-ring (bicyclic) bond motifs is 5. The maximum absolute atomic E-state index is 13.0. The van der Waals surface area contributed by atoms with E-state index in [1.807, 2.05) is 0 Å². The SMILES string of the molecule is C[C@H](CCC(=O)Nc1cc(Cl)ccc1C=O)[C@H]1CC[C@H]2[C@@H]3[C@H](OC=O)C[C@@H]4CC(OC=O)CC[C@]4(C)[C@H]3C[C@H](OC=O)[C@]12C. The molecule has 10 heteroatoms. The molecule has 4 saturated carbocycles. The summed E-state index contributed by atoms with van der Waals surface area (Å²) in [4.78, 5) is 59.2. The van der Waals surface area contributed by atoms with Crippen molar-refractivity contribution in [3.8, 4) is 0 Å². The van der Waals surface area contributed by atoms with Crippen LogP contribution in [0.15, 0.2) is 18.2 Å². The van der Waals surface area contributed by atoms with Crippen LogP contribution in [0.2, 0.25) is 5.02 Å². The third kappa shape index (κ3) is 5.77. The standard InChI is InChI=1S/C34H44ClNO8/c1-20(4-9-31(41)36-28-14-23(35)6-5-21(28)16-37)25-7-8-26-32-27(15-30(44-19-40)34(25,26)3)33(2)11-10-24(42-17-38)12-22(33)13-29(32)43-18-39/h5-6,14,16-20,22,24-27,29-30,32H,4,7-13,15H2,1-3H3,(H,36,41)/t20-,22+,24?,25-,26+,27+,29-,30+,32+,33+,34-/m1/s1. The highest BCUT2D eigenvalue weighted by Crippen LogP contribution is 2.69. The van der Waals surface area contributed by atoms with Crippen molar-refractivity contribution in [1.29, 1.82) is 0 Å². The van der Waals surface area contributed by atoms with Crippen LogP contribution < -0.4 is 5.32 Å². The van der Waals surface area contributed by atoms with Crippen LogP contribution in [0.25, 0.3) is 0 Å². The first kappa shape index (κ1) is 32.5. The van der Waals surface area contributed by atoms with E-state index in [9.17, 15) is 24.0 Å². The molecule has 1 aromatic carbocycles. The van der Waals surface area contributed by atoms with Gasteiger partial charge in [-0.25, -0.2) is 0 Å². The number of carbonyl (C=O) groups is 5. The third-order valence-electron chi connectivity index (χ3n) is 12.4. The second-order valence-corrected chi connectivity index (χ2v) is 14.5. The quantitative estimate of drug-likeness (QED) is 0.220. The van der Waals surface area contributed by atoms with Gasteiger partial charge in [0, 0.05) is 28.3 Å². The minimum absolute atomic E-state index is 0.0511. The highest BCUT2D eigenvalue weighted by molar-refractivity contribution is 6.31. The van der Waals surface area contributed by atoms with Crippen molar-refractivity contribution in [2.75, 3.05) is 5.32 Å². The van der Waals surface area contributed by atoms with Crippen molar-refractivity contribution in [2.24, 2.45) is 46.3 Å². The summed E-state index contributed by atoms with van der Waals surface area (Å²) in [6.07, 6.45) is 6.62. The molecule has 4 aliphatic rings. The largest absolute Gasteiger partial charge is 0.465 e. The van der Waals surface area contributed by atoms with Gasteiger partial charge in [-0.3, -0.25) is 24.0 Å². The van der Waals surface area contributed by atoms with E-state index < -0.39 is 0 Å². The lowest BCUT2D eigenvalue weighted by Gasteiger charge is -2.64. The highest BCUT2D eigenvalue weighted by atomic mass is 35.5. The Morgan fingerprint density at radius 3 is 2.45 bits per heavy atom. The second kappa shape index (κ2) is 13.2. The Balaban J connectivity index is 1.36. The molecule has 0 spiro atoms. The van der Waals surface area contributed by atoms with Gasteiger partial charge in [0.1, 0.15) is 18.3 Å². The number of hydrogen-bond acceptors (Lipinski definition) is 8. The summed E-state index contributed by atoms with van der Waals surface area (Å²) in [7, 11) is 0. The van der Waals surface area contributed by atoms with E-state index in [-0.39, 0.29) is 77.0 Å². The van der Waals surface area contributed by atoms with Crippen molar-refractivity contribution < 1.29 is 38.2 Å². The average molecular weight is 630 g/mol. The lowest BCUT2D eigenvalue weighted by Crippen LogP contribution is -2.63. The summed E-state index contributed by atoms with van der Waals surface area (Å²) in [5.41, 5.74) is 0.367. The zero-order chi connectivity index (χ0) is 31.6. The molecule has 1 aromatic rings. The van der Waals surface area contributed by atoms with Gasteiger partial charge in [0.05, 0.1) is 5.69 Å². The summed E-state index contributed by atoms with van der Waals surface area (Å²) >= 11 is 6.08. The Bertz CT molecular complexity index is 1260. The van der Waals surface area contributed by atoms with Crippen LogP contribution in [0.1, 0.15) is 88.9 Å². The van der Waals surface area contributed by atoms with Crippen LogP contribution in [-0.4, -0.2) is 49.9 Å². The Kier molecular flexibility index (Phi) is 9.73. The summed E-state index contributed by atoms with van der Waals surface area (Å²) in [6, 6.07) is 4.76. The summed E-state index contributed by atoms with van der Waals surface area (Å²) < 4.78 is 17.2. The van der Waals surface area contributed by atoms with Crippen LogP contribution in [0.3, 0.4) is 0 Å². The highest BCUT2D eigenvalue weighted by Gasteiger charge is 2.67. The van der Waals surface area contributed by atoms with Crippen LogP contribution >= 0.6 is 11.6 Å². The monoisotopic (exact) mass is 629 g/mol. The number of ether oxygens (including phenoxy) is 3. The van der Waals surface area contributed by atoms with Gasteiger partial charge in [-0.05, 0) is 105 Å². The van der Waals surface area contributed by atoms with Crippen molar-refractivity contribution in [3.05, 3.63) is 28.8 Å². The van der Waals surface area contributed by atoms with Gasteiger partial charge in [0.2, 0.25) is 5.91 Å². The number of benzene rings is 1. The Labute approximate surface area is 264 Å². The minimum Gasteiger partial charge on any atom is -0.465 e. The zero-order valence-electron chi connectivity index (χ0n) is 25.7. The summed E-state index contributed by atoms with van der Waals surface area (Å²) in [5, 5.41) is 3.27. The lowest BCUT2D eigenvalue weighted by molar-refractivity contribution is -0.218. The molecule has 11 atom stereocenters. The first-order valence-corrected chi connectivity index (χ1v) is 16.3. The number of hydrogen-bond donors (Lipinski definition) is 1. The van der Waals surface area contributed by atoms with Gasteiger partial charge >= 0.3 is 0 Å². The molecule has 1 N–H and O–H groups in total. The second-order valence-electron chi connectivity index (χ2n) is 14.0. The van der Waals surface area contributed by atoms with Gasteiger partial charge < -0.3 is 19.5 Å². The molecule has 1 amide bonds. The number of rotatable bonds is 12. The molecule has 0 aliphatic heterocycles.